The first-order valence-electron chi connectivity index (χ1n) is 12.6. The number of ether oxygens (including phenoxy) is 2. The first kappa shape index (κ1) is 23.9. The highest BCUT2D eigenvalue weighted by atomic mass is 32.2. The van der Waals surface area contributed by atoms with E-state index in [1.54, 1.807) is 13.1 Å². The molecule has 2 aliphatic heterocycles. The van der Waals surface area contributed by atoms with Gasteiger partial charge in [-0.2, -0.15) is 4.31 Å². The molecule has 0 amide bonds. The molecule has 1 saturated carbocycles. The van der Waals surface area contributed by atoms with E-state index in [4.69, 9.17) is 9.47 Å². The van der Waals surface area contributed by atoms with Crippen LogP contribution in [-0.2, 0) is 32.4 Å². The molecule has 8 nitrogen and oxygen atoms in total. The highest BCUT2D eigenvalue weighted by molar-refractivity contribution is 7.88. The summed E-state index contributed by atoms with van der Waals surface area (Å²) in [7, 11) is 0.252. The van der Waals surface area contributed by atoms with Crippen molar-refractivity contribution in [1.82, 2.24) is 9.21 Å². The summed E-state index contributed by atoms with van der Waals surface area (Å²) in [6.45, 7) is 0.178. The molecule has 0 aromatic heterocycles. The summed E-state index contributed by atoms with van der Waals surface area (Å²) in [6, 6.07) is 13.0. The molecule has 2 aromatic rings. The second kappa shape index (κ2) is 8.55. The first-order valence-corrected chi connectivity index (χ1v) is 14.2. The topological polar surface area (TPSA) is 96.4 Å². The van der Waals surface area contributed by atoms with Crippen molar-refractivity contribution in [2.75, 3.05) is 27.2 Å². The third-order valence-corrected chi connectivity index (χ3v) is 10.8. The summed E-state index contributed by atoms with van der Waals surface area (Å²) < 4.78 is 40.8. The molecule has 2 fully saturated rings. The number of aliphatic hydroxyl groups excluding tert-OH is 1. The third kappa shape index (κ3) is 3.44. The molecule has 9 heteroatoms. The maximum atomic E-state index is 13.6. The molecule has 2 aromatic carbocycles. The quantitative estimate of drug-likeness (QED) is 0.468. The van der Waals surface area contributed by atoms with Gasteiger partial charge in [0.2, 0.25) is 10.0 Å². The number of sulfonamides is 1. The lowest BCUT2D eigenvalue weighted by Crippen LogP contribution is -2.68. The lowest BCUT2D eigenvalue weighted by atomic mass is 9.51. The Kier molecular flexibility index (Phi) is 5.68. The van der Waals surface area contributed by atoms with Crippen molar-refractivity contribution in [2.45, 2.75) is 55.0 Å². The highest BCUT2D eigenvalue weighted by Crippen LogP contribution is 2.64. The second-order valence-corrected chi connectivity index (χ2v) is 12.7. The summed E-state index contributed by atoms with van der Waals surface area (Å²) in [5, 5.41) is 9.26. The van der Waals surface area contributed by atoms with Crippen LogP contribution in [0.3, 0.4) is 0 Å². The van der Waals surface area contributed by atoms with Gasteiger partial charge in [-0.25, -0.2) is 13.2 Å². The van der Waals surface area contributed by atoms with Crippen LogP contribution in [0.5, 0.6) is 11.5 Å². The van der Waals surface area contributed by atoms with Gasteiger partial charge in [0.05, 0.1) is 11.8 Å². The van der Waals surface area contributed by atoms with Gasteiger partial charge in [0.25, 0.3) is 0 Å². The molecule has 2 bridgehead atoms. The van der Waals surface area contributed by atoms with Crippen molar-refractivity contribution in [3.8, 4) is 11.5 Å². The van der Waals surface area contributed by atoms with Gasteiger partial charge >= 0.3 is 5.97 Å². The van der Waals surface area contributed by atoms with E-state index < -0.39 is 22.6 Å². The number of likely N-dealkylation sites (tertiary alicyclic amines) is 1. The zero-order valence-corrected chi connectivity index (χ0v) is 21.4. The minimum absolute atomic E-state index is 0.0626. The minimum Gasteiger partial charge on any atom is -0.484 e. The van der Waals surface area contributed by atoms with E-state index in [1.165, 1.54) is 9.87 Å². The predicted molar refractivity (Wildman–Crippen MR) is 133 cm³/mol. The molecule has 1 N–H and O–H groups in total. The van der Waals surface area contributed by atoms with Gasteiger partial charge in [-0.1, -0.05) is 36.4 Å². The zero-order valence-electron chi connectivity index (χ0n) is 20.6. The lowest BCUT2D eigenvalue weighted by Gasteiger charge is -2.59. The normalized spacial score (nSPS) is 30.6. The number of hydrogen-bond acceptors (Lipinski definition) is 7. The average molecular weight is 513 g/mol. The summed E-state index contributed by atoms with van der Waals surface area (Å²) in [6.07, 6.45) is 3.00. The van der Waals surface area contributed by atoms with Crippen LogP contribution in [0.4, 0.5) is 0 Å². The minimum atomic E-state index is -3.60. The van der Waals surface area contributed by atoms with Crippen molar-refractivity contribution < 1.29 is 27.8 Å². The Hall–Kier alpha value is -2.46. The van der Waals surface area contributed by atoms with Crippen LogP contribution in [0.2, 0.25) is 0 Å². The summed E-state index contributed by atoms with van der Waals surface area (Å²) in [5.41, 5.74) is 2.69. The van der Waals surface area contributed by atoms with Crippen molar-refractivity contribution in [2.24, 2.45) is 5.92 Å². The van der Waals surface area contributed by atoms with Crippen LogP contribution >= 0.6 is 0 Å². The maximum Gasteiger partial charge on any atom is 0.337 e. The summed E-state index contributed by atoms with van der Waals surface area (Å²) in [4.78, 5) is 14.4. The fourth-order valence-electron chi connectivity index (χ4n) is 7.40. The number of hydrogen-bond donors (Lipinski definition) is 1. The molecule has 36 heavy (non-hydrogen) atoms. The van der Waals surface area contributed by atoms with Gasteiger partial charge in [-0.05, 0) is 62.4 Å². The number of rotatable bonds is 6. The molecular weight excluding hydrogens is 480 g/mol. The molecule has 4 aliphatic rings. The van der Waals surface area contributed by atoms with Gasteiger partial charge in [-0.3, -0.25) is 0 Å². The van der Waals surface area contributed by atoms with E-state index >= 15 is 0 Å². The Labute approximate surface area is 211 Å². The zero-order chi connectivity index (χ0) is 25.2. The molecule has 1 saturated heterocycles. The Morgan fingerprint density at radius 3 is 2.75 bits per heavy atom. The van der Waals surface area contributed by atoms with Crippen molar-refractivity contribution in [3.05, 3.63) is 59.2 Å². The maximum absolute atomic E-state index is 13.6. The van der Waals surface area contributed by atoms with Crippen molar-refractivity contribution in [1.29, 1.82) is 0 Å². The number of carbonyl (C=O) groups excluding carboxylic acids is 1. The summed E-state index contributed by atoms with van der Waals surface area (Å²) >= 11 is 0. The van der Waals surface area contributed by atoms with Gasteiger partial charge in [0, 0.05) is 24.1 Å². The fraction of sp³-hybridized carbons (Fsp3) is 0.519. The van der Waals surface area contributed by atoms with Crippen LogP contribution in [0.1, 0.15) is 36.0 Å². The molecule has 2 unspecified atom stereocenters. The Morgan fingerprint density at radius 1 is 1.22 bits per heavy atom. The second-order valence-electron chi connectivity index (χ2n) is 10.6. The van der Waals surface area contributed by atoms with E-state index in [0.29, 0.717) is 29.9 Å². The Balaban J connectivity index is 1.42. The van der Waals surface area contributed by atoms with Gasteiger partial charge in [0.1, 0.15) is 12.7 Å². The molecule has 0 radical (unpaired) electrons. The molecule has 6 rings (SSSR count). The first-order chi connectivity index (χ1) is 17.3. The Bertz CT molecular complexity index is 1300. The van der Waals surface area contributed by atoms with E-state index in [2.05, 4.69) is 11.9 Å². The Morgan fingerprint density at radius 2 is 2.00 bits per heavy atom. The number of nitrogens with zero attached hydrogens (tertiary/aromatic N) is 2. The van der Waals surface area contributed by atoms with Crippen LogP contribution in [0.25, 0.3) is 0 Å². The van der Waals surface area contributed by atoms with Crippen LogP contribution in [0, 0.1) is 5.92 Å². The molecular formula is C27H32N2O6S. The van der Waals surface area contributed by atoms with Crippen LogP contribution in [0.15, 0.2) is 42.5 Å². The molecule has 192 valence electrons. The van der Waals surface area contributed by atoms with E-state index in [9.17, 15) is 18.3 Å². The summed E-state index contributed by atoms with van der Waals surface area (Å²) in [5.74, 6) is 0.386. The van der Waals surface area contributed by atoms with E-state index in [1.807, 2.05) is 36.4 Å². The van der Waals surface area contributed by atoms with Gasteiger partial charge in [-0.15, -0.1) is 0 Å². The third-order valence-electron chi connectivity index (χ3n) is 9.00. The van der Waals surface area contributed by atoms with Crippen LogP contribution < -0.4 is 9.47 Å². The van der Waals surface area contributed by atoms with Crippen molar-refractivity contribution >= 4 is 16.0 Å². The van der Waals surface area contributed by atoms with E-state index in [-0.39, 0.29) is 23.3 Å². The number of carbonyl (C=O) groups is 1. The predicted octanol–water partition coefficient (Wildman–Crippen LogP) is 2.08. The van der Waals surface area contributed by atoms with Gasteiger partial charge < -0.3 is 19.5 Å². The molecule has 2 aliphatic carbocycles. The number of piperidine rings is 1. The average Bonchev–Trinajstić information content (AvgIpc) is 3.22. The number of benzene rings is 2. The smallest absolute Gasteiger partial charge is 0.337 e. The largest absolute Gasteiger partial charge is 0.484 e. The fourth-order valence-corrected chi connectivity index (χ4v) is 8.85. The van der Waals surface area contributed by atoms with Gasteiger partial charge in [0.15, 0.2) is 11.5 Å². The molecule has 5 atom stereocenters. The molecule has 1 spiro atoms. The highest BCUT2D eigenvalue weighted by Gasteiger charge is 2.66. The monoisotopic (exact) mass is 512 g/mol. The lowest BCUT2D eigenvalue weighted by molar-refractivity contribution is -0.137. The van der Waals surface area contributed by atoms with E-state index in [0.717, 1.165) is 36.9 Å². The number of likely N-dealkylation sites (N-methyl/N-ethyl adjacent to an activating group) is 2. The number of aliphatic hydroxyl groups is 1. The number of esters is 1. The van der Waals surface area contributed by atoms with Crippen molar-refractivity contribution in [3.63, 3.8) is 0 Å². The standard InChI is InChI=1S/C27H32N2O6S/c1-28-13-12-27-19-9-10-20(29(2)36(32,33)16-17-6-4-3-5-7-17)26(27)35-25-22(34-23(31)15-30)11-8-18(24(25)27)14-21(19)28/h3-8,11,19-21,26,30H,9-10,12-16H2,1-2H3/t19-,20?,21+,26?,27-/m0/s1. The molecule has 2 heterocycles. The SMILES string of the molecule is CN1CC[C@]23c4c5ccc(OC(=O)CO)c4OC2C(N(C)S(=O)(=O)Cc2ccccc2)CC[C@H]3[C@H]1C5. The van der Waals surface area contributed by atoms with Crippen LogP contribution in [-0.4, -0.2) is 74.1 Å².